The molecule has 14 heavy (non-hydrogen) atoms. The molecular weight excluding hydrogens is 176 g/mol. The summed E-state index contributed by atoms with van der Waals surface area (Å²) in [7, 11) is 0. The Labute approximate surface area is 85.2 Å². The minimum atomic E-state index is -0.791. The predicted molar refractivity (Wildman–Crippen MR) is 57.2 cm³/mol. The Morgan fingerprint density at radius 1 is 1.21 bits per heavy atom. The molecule has 0 aliphatic rings. The van der Waals surface area contributed by atoms with Crippen LogP contribution in [0.3, 0.4) is 0 Å². The highest BCUT2D eigenvalue weighted by Gasteiger charge is 2.15. The summed E-state index contributed by atoms with van der Waals surface area (Å²) in [6, 6.07) is 7.71. The molecule has 0 radical (unpaired) electrons. The Bertz CT molecular complexity index is 282. The lowest BCUT2D eigenvalue weighted by molar-refractivity contribution is 0.0786. The molecule has 2 nitrogen and oxygen atoms in total. The van der Waals surface area contributed by atoms with Gasteiger partial charge in [-0.15, -0.1) is 0 Å². The van der Waals surface area contributed by atoms with Gasteiger partial charge in [0.1, 0.15) is 0 Å². The average Bonchev–Trinajstić information content (AvgIpc) is 2.15. The monoisotopic (exact) mass is 194 g/mol. The molecule has 1 aromatic rings. The molecular formula is C12H18O2. The van der Waals surface area contributed by atoms with Gasteiger partial charge in [0.25, 0.3) is 0 Å². The van der Waals surface area contributed by atoms with Crippen molar-refractivity contribution in [3.05, 3.63) is 35.4 Å². The molecule has 0 aliphatic carbocycles. The zero-order valence-corrected chi connectivity index (χ0v) is 8.99. The predicted octanol–water partition coefficient (Wildman–Crippen LogP) is 2.01. The highest BCUT2D eigenvalue weighted by Crippen LogP contribution is 2.22. The summed E-state index contributed by atoms with van der Waals surface area (Å²) in [5.41, 5.74) is 1.20. The van der Waals surface area contributed by atoms with Crippen molar-refractivity contribution in [1.29, 1.82) is 0 Å². The third kappa shape index (κ3) is 2.56. The first-order valence-electron chi connectivity index (χ1n) is 4.89. The molecule has 0 fully saturated rings. The first kappa shape index (κ1) is 11.2. The van der Waals surface area contributed by atoms with Gasteiger partial charge in [-0.2, -0.15) is 0 Å². The Hall–Kier alpha value is -0.860. The molecule has 0 aliphatic heterocycles. The molecule has 0 amide bonds. The van der Waals surface area contributed by atoms with Gasteiger partial charge in [0.15, 0.2) is 0 Å². The molecule has 0 bridgehead atoms. The summed E-state index contributed by atoms with van der Waals surface area (Å²) in [5.74, 6) is 0.158. The number of benzene rings is 1. The van der Waals surface area contributed by atoms with E-state index in [4.69, 9.17) is 5.11 Å². The zero-order valence-electron chi connectivity index (χ0n) is 8.99. The quantitative estimate of drug-likeness (QED) is 0.772. The van der Waals surface area contributed by atoms with Crippen LogP contribution in [0.2, 0.25) is 0 Å². The molecule has 1 aromatic carbocycles. The summed E-state index contributed by atoms with van der Waals surface area (Å²) in [5, 5.41) is 18.7. The number of rotatable bonds is 3. The summed E-state index contributed by atoms with van der Waals surface area (Å²) < 4.78 is 0. The fourth-order valence-corrected chi connectivity index (χ4v) is 1.32. The van der Waals surface area contributed by atoms with E-state index in [1.165, 1.54) is 0 Å². The van der Waals surface area contributed by atoms with Crippen LogP contribution in [-0.4, -0.2) is 16.8 Å². The zero-order chi connectivity index (χ0) is 10.8. The van der Waals surface area contributed by atoms with Gasteiger partial charge >= 0.3 is 0 Å². The maximum atomic E-state index is 9.73. The van der Waals surface area contributed by atoms with Gasteiger partial charge in [0.2, 0.25) is 0 Å². The van der Waals surface area contributed by atoms with Crippen LogP contribution < -0.4 is 0 Å². The van der Waals surface area contributed by atoms with E-state index in [0.29, 0.717) is 0 Å². The van der Waals surface area contributed by atoms with Crippen molar-refractivity contribution in [1.82, 2.24) is 0 Å². The molecule has 0 spiro atoms. The topological polar surface area (TPSA) is 40.5 Å². The van der Waals surface area contributed by atoms with Crippen LogP contribution in [0.25, 0.3) is 0 Å². The lowest BCUT2D eigenvalue weighted by Crippen LogP contribution is -2.15. The highest BCUT2D eigenvalue weighted by molar-refractivity contribution is 5.28. The molecule has 0 saturated carbocycles. The van der Waals surface area contributed by atoms with Gasteiger partial charge in [-0.25, -0.2) is 0 Å². The standard InChI is InChI=1S/C12H18O2/c1-9(8-13)10-4-6-11(7-5-10)12(2,3)14/h4-7,9,13-14H,8H2,1-3H3. The Kier molecular flexibility index (Phi) is 3.29. The molecule has 2 heteroatoms. The normalized spacial score (nSPS) is 14.1. The Morgan fingerprint density at radius 2 is 1.71 bits per heavy atom. The van der Waals surface area contributed by atoms with E-state index in [0.717, 1.165) is 11.1 Å². The second-order valence-electron chi connectivity index (χ2n) is 4.26. The maximum Gasteiger partial charge on any atom is 0.0840 e. The average molecular weight is 194 g/mol. The largest absolute Gasteiger partial charge is 0.396 e. The minimum absolute atomic E-state index is 0.155. The number of aliphatic hydroxyl groups excluding tert-OH is 1. The first-order valence-corrected chi connectivity index (χ1v) is 4.89. The number of aliphatic hydroxyl groups is 2. The Balaban J connectivity index is 2.89. The summed E-state index contributed by atoms with van der Waals surface area (Å²) in [6.07, 6.45) is 0. The van der Waals surface area contributed by atoms with Crippen molar-refractivity contribution >= 4 is 0 Å². The highest BCUT2D eigenvalue weighted by atomic mass is 16.3. The van der Waals surface area contributed by atoms with E-state index in [2.05, 4.69) is 0 Å². The van der Waals surface area contributed by atoms with E-state index >= 15 is 0 Å². The SMILES string of the molecule is CC(CO)c1ccc(C(C)(C)O)cc1. The minimum Gasteiger partial charge on any atom is -0.396 e. The van der Waals surface area contributed by atoms with Gasteiger partial charge in [0, 0.05) is 12.5 Å². The Morgan fingerprint density at radius 3 is 2.07 bits per heavy atom. The third-order valence-electron chi connectivity index (χ3n) is 2.46. The van der Waals surface area contributed by atoms with E-state index < -0.39 is 5.60 Å². The third-order valence-corrected chi connectivity index (χ3v) is 2.46. The van der Waals surface area contributed by atoms with Crippen LogP contribution in [0, 0.1) is 0 Å². The molecule has 0 aromatic heterocycles. The molecule has 0 saturated heterocycles. The van der Waals surface area contributed by atoms with Crippen molar-refractivity contribution in [3.63, 3.8) is 0 Å². The van der Waals surface area contributed by atoms with Crippen LogP contribution in [0.4, 0.5) is 0 Å². The van der Waals surface area contributed by atoms with Gasteiger partial charge < -0.3 is 10.2 Å². The van der Waals surface area contributed by atoms with Crippen molar-refractivity contribution < 1.29 is 10.2 Å². The van der Waals surface area contributed by atoms with Crippen molar-refractivity contribution in [2.24, 2.45) is 0 Å². The van der Waals surface area contributed by atoms with Crippen LogP contribution in [0.5, 0.6) is 0 Å². The van der Waals surface area contributed by atoms with Crippen LogP contribution in [0.1, 0.15) is 37.8 Å². The van der Waals surface area contributed by atoms with Gasteiger partial charge in [-0.1, -0.05) is 31.2 Å². The second-order valence-corrected chi connectivity index (χ2v) is 4.26. The smallest absolute Gasteiger partial charge is 0.0840 e. The van der Waals surface area contributed by atoms with Gasteiger partial charge in [-0.05, 0) is 25.0 Å². The molecule has 1 rings (SSSR count). The maximum absolute atomic E-state index is 9.73. The lowest BCUT2D eigenvalue weighted by atomic mass is 9.94. The van der Waals surface area contributed by atoms with E-state index in [1.54, 1.807) is 13.8 Å². The molecule has 1 atom stereocenters. The van der Waals surface area contributed by atoms with Crippen molar-refractivity contribution in [3.8, 4) is 0 Å². The molecule has 0 heterocycles. The van der Waals surface area contributed by atoms with E-state index in [1.807, 2.05) is 31.2 Å². The first-order chi connectivity index (χ1) is 6.45. The molecule has 1 unspecified atom stereocenters. The van der Waals surface area contributed by atoms with Gasteiger partial charge in [0.05, 0.1) is 5.60 Å². The summed E-state index contributed by atoms with van der Waals surface area (Å²) in [6.45, 7) is 5.65. The van der Waals surface area contributed by atoms with E-state index in [9.17, 15) is 5.11 Å². The van der Waals surface area contributed by atoms with Crippen LogP contribution >= 0.6 is 0 Å². The van der Waals surface area contributed by atoms with Crippen LogP contribution in [-0.2, 0) is 5.60 Å². The van der Waals surface area contributed by atoms with E-state index in [-0.39, 0.29) is 12.5 Å². The number of hydrogen-bond acceptors (Lipinski definition) is 2. The van der Waals surface area contributed by atoms with Crippen LogP contribution in [0.15, 0.2) is 24.3 Å². The summed E-state index contributed by atoms with van der Waals surface area (Å²) >= 11 is 0. The number of hydrogen-bond donors (Lipinski definition) is 2. The fourth-order valence-electron chi connectivity index (χ4n) is 1.32. The molecule has 78 valence electrons. The molecule has 2 N–H and O–H groups in total. The van der Waals surface area contributed by atoms with Crippen molar-refractivity contribution in [2.45, 2.75) is 32.3 Å². The van der Waals surface area contributed by atoms with Crippen molar-refractivity contribution in [2.75, 3.05) is 6.61 Å². The lowest BCUT2D eigenvalue weighted by Gasteiger charge is -2.18. The summed E-state index contributed by atoms with van der Waals surface area (Å²) in [4.78, 5) is 0. The fraction of sp³-hybridized carbons (Fsp3) is 0.500. The van der Waals surface area contributed by atoms with Gasteiger partial charge in [-0.3, -0.25) is 0 Å². The second kappa shape index (κ2) is 4.11.